The predicted molar refractivity (Wildman–Crippen MR) is 89.2 cm³/mol. The Hall–Kier alpha value is -2.63. The standard InChI is InChI=1S/C18H21N3O3/c1-18(8-10-24-15-6-4-3-5-14(15)18)16(22)19-9-7-13-11-20-17(23-2)21-12-13/h3-6,11-12H,7-10H2,1-2H3,(H,19,22). The SMILES string of the molecule is COc1ncc(CCNC(=O)C2(C)CCOc3ccccc32)cn1. The van der Waals surface area contributed by atoms with Gasteiger partial charge in [-0.15, -0.1) is 0 Å². The third kappa shape index (κ3) is 3.18. The first-order chi connectivity index (χ1) is 11.6. The van der Waals surface area contributed by atoms with Crippen molar-refractivity contribution in [1.29, 1.82) is 0 Å². The molecule has 1 atom stereocenters. The maximum atomic E-state index is 12.8. The molecule has 126 valence electrons. The molecular formula is C18H21N3O3. The molecule has 0 aliphatic carbocycles. The first-order valence-electron chi connectivity index (χ1n) is 7.99. The number of hydrogen-bond acceptors (Lipinski definition) is 5. The zero-order chi connectivity index (χ0) is 17.0. The number of carbonyl (C=O) groups excluding carboxylic acids is 1. The molecule has 0 bridgehead atoms. The smallest absolute Gasteiger partial charge is 0.316 e. The van der Waals surface area contributed by atoms with Crippen LogP contribution >= 0.6 is 0 Å². The number of aromatic nitrogens is 2. The van der Waals surface area contributed by atoms with E-state index in [1.165, 1.54) is 7.11 Å². The minimum atomic E-state index is -0.564. The molecule has 1 aliphatic heterocycles. The number of fused-ring (bicyclic) bond motifs is 1. The van der Waals surface area contributed by atoms with Gasteiger partial charge in [-0.25, -0.2) is 9.97 Å². The van der Waals surface area contributed by atoms with Crippen LogP contribution < -0.4 is 14.8 Å². The first kappa shape index (κ1) is 16.2. The second kappa shape index (κ2) is 6.86. The van der Waals surface area contributed by atoms with Crippen molar-refractivity contribution in [3.8, 4) is 11.8 Å². The summed E-state index contributed by atoms with van der Waals surface area (Å²) < 4.78 is 10.6. The number of carbonyl (C=O) groups is 1. The molecular weight excluding hydrogens is 306 g/mol. The van der Waals surface area contributed by atoms with Crippen LogP contribution in [0.3, 0.4) is 0 Å². The van der Waals surface area contributed by atoms with E-state index in [1.807, 2.05) is 31.2 Å². The summed E-state index contributed by atoms with van der Waals surface area (Å²) in [5.74, 6) is 0.817. The summed E-state index contributed by atoms with van der Waals surface area (Å²) in [5, 5.41) is 3.03. The molecule has 1 amide bonds. The molecule has 0 radical (unpaired) electrons. The normalized spacial score (nSPS) is 19.1. The molecule has 1 N–H and O–H groups in total. The number of rotatable bonds is 5. The largest absolute Gasteiger partial charge is 0.493 e. The summed E-state index contributed by atoms with van der Waals surface area (Å²) in [6, 6.07) is 8.08. The number of hydrogen-bond donors (Lipinski definition) is 1. The maximum absolute atomic E-state index is 12.8. The minimum absolute atomic E-state index is 0.0210. The Morgan fingerprint density at radius 3 is 2.83 bits per heavy atom. The quantitative estimate of drug-likeness (QED) is 0.908. The summed E-state index contributed by atoms with van der Waals surface area (Å²) in [6.07, 6.45) is 4.76. The van der Waals surface area contributed by atoms with Crippen molar-refractivity contribution >= 4 is 5.91 Å². The Labute approximate surface area is 141 Å². The zero-order valence-electron chi connectivity index (χ0n) is 13.9. The van der Waals surface area contributed by atoms with Gasteiger partial charge < -0.3 is 14.8 Å². The fourth-order valence-electron chi connectivity index (χ4n) is 2.88. The van der Waals surface area contributed by atoms with Crippen LogP contribution in [0.2, 0.25) is 0 Å². The minimum Gasteiger partial charge on any atom is -0.493 e. The monoisotopic (exact) mass is 327 g/mol. The van der Waals surface area contributed by atoms with Gasteiger partial charge >= 0.3 is 6.01 Å². The van der Waals surface area contributed by atoms with Gasteiger partial charge in [-0.3, -0.25) is 4.79 Å². The molecule has 1 aliphatic rings. The molecule has 24 heavy (non-hydrogen) atoms. The molecule has 6 nitrogen and oxygen atoms in total. The van der Waals surface area contributed by atoms with Crippen molar-refractivity contribution in [3.63, 3.8) is 0 Å². The predicted octanol–water partition coefficient (Wildman–Crippen LogP) is 1.88. The molecule has 2 heterocycles. The topological polar surface area (TPSA) is 73.3 Å². The van der Waals surface area contributed by atoms with Crippen LogP contribution in [-0.2, 0) is 16.6 Å². The van der Waals surface area contributed by atoms with Crippen LogP contribution in [0.4, 0.5) is 0 Å². The molecule has 0 fully saturated rings. The van der Waals surface area contributed by atoms with Crippen LogP contribution in [0.15, 0.2) is 36.7 Å². The Morgan fingerprint density at radius 1 is 1.33 bits per heavy atom. The van der Waals surface area contributed by atoms with E-state index in [-0.39, 0.29) is 5.91 Å². The lowest BCUT2D eigenvalue weighted by molar-refractivity contribution is -0.127. The third-order valence-electron chi connectivity index (χ3n) is 4.41. The van der Waals surface area contributed by atoms with Gasteiger partial charge in [-0.1, -0.05) is 18.2 Å². The summed E-state index contributed by atoms with van der Waals surface area (Å²) in [5.41, 5.74) is 1.33. The van der Waals surface area contributed by atoms with Crippen molar-refractivity contribution < 1.29 is 14.3 Å². The number of nitrogens with zero attached hydrogens (tertiary/aromatic N) is 2. The van der Waals surface area contributed by atoms with Gasteiger partial charge in [0.1, 0.15) is 5.75 Å². The van der Waals surface area contributed by atoms with E-state index in [9.17, 15) is 4.79 Å². The van der Waals surface area contributed by atoms with Crippen molar-refractivity contribution in [2.24, 2.45) is 0 Å². The second-order valence-electron chi connectivity index (χ2n) is 6.01. The highest BCUT2D eigenvalue weighted by atomic mass is 16.5. The number of para-hydroxylation sites is 1. The fraction of sp³-hybridized carbons (Fsp3) is 0.389. The maximum Gasteiger partial charge on any atom is 0.316 e. The fourth-order valence-corrected chi connectivity index (χ4v) is 2.88. The van der Waals surface area contributed by atoms with Crippen molar-refractivity contribution in [2.75, 3.05) is 20.3 Å². The van der Waals surface area contributed by atoms with Crippen molar-refractivity contribution in [2.45, 2.75) is 25.2 Å². The van der Waals surface area contributed by atoms with E-state index in [0.29, 0.717) is 32.0 Å². The van der Waals surface area contributed by atoms with E-state index in [2.05, 4.69) is 15.3 Å². The molecule has 0 spiro atoms. The number of ether oxygens (including phenoxy) is 2. The van der Waals surface area contributed by atoms with E-state index in [1.54, 1.807) is 12.4 Å². The summed E-state index contributed by atoms with van der Waals surface area (Å²) in [7, 11) is 1.53. The summed E-state index contributed by atoms with van der Waals surface area (Å²) in [4.78, 5) is 20.9. The molecule has 2 aromatic rings. The van der Waals surface area contributed by atoms with Gasteiger partial charge in [0.25, 0.3) is 0 Å². The highest BCUT2D eigenvalue weighted by molar-refractivity contribution is 5.88. The Bertz CT molecular complexity index is 718. The number of benzene rings is 1. The van der Waals surface area contributed by atoms with Crippen LogP contribution in [0.1, 0.15) is 24.5 Å². The summed E-state index contributed by atoms with van der Waals surface area (Å²) >= 11 is 0. The first-order valence-corrected chi connectivity index (χ1v) is 7.99. The molecule has 1 unspecified atom stereocenters. The molecule has 0 saturated heterocycles. The average molecular weight is 327 g/mol. The van der Waals surface area contributed by atoms with Gasteiger partial charge in [0.05, 0.1) is 19.1 Å². The van der Waals surface area contributed by atoms with Crippen molar-refractivity contribution in [3.05, 3.63) is 47.8 Å². The second-order valence-corrected chi connectivity index (χ2v) is 6.01. The molecule has 3 rings (SSSR count). The highest BCUT2D eigenvalue weighted by Crippen LogP contribution is 2.38. The average Bonchev–Trinajstić information content (AvgIpc) is 2.62. The number of methoxy groups -OCH3 is 1. The van der Waals surface area contributed by atoms with E-state index in [0.717, 1.165) is 16.9 Å². The van der Waals surface area contributed by atoms with E-state index >= 15 is 0 Å². The summed E-state index contributed by atoms with van der Waals surface area (Å²) in [6.45, 7) is 3.06. The van der Waals surface area contributed by atoms with Crippen LogP contribution in [0, 0.1) is 0 Å². The van der Waals surface area contributed by atoms with Crippen molar-refractivity contribution in [1.82, 2.24) is 15.3 Å². The molecule has 1 aromatic heterocycles. The Kier molecular flexibility index (Phi) is 4.64. The Morgan fingerprint density at radius 2 is 2.08 bits per heavy atom. The number of nitrogens with one attached hydrogen (secondary N) is 1. The molecule has 0 saturated carbocycles. The van der Waals surface area contributed by atoms with Gasteiger partial charge in [0.2, 0.25) is 5.91 Å². The van der Waals surface area contributed by atoms with Gasteiger partial charge in [0.15, 0.2) is 0 Å². The lowest BCUT2D eigenvalue weighted by Gasteiger charge is -2.34. The van der Waals surface area contributed by atoms with E-state index < -0.39 is 5.41 Å². The van der Waals surface area contributed by atoms with Crippen LogP contribution in [0.5, 0.6) is 11.8 Å². The van der Waals surface area contributed by atoms with Gasteiger partial charge in [0, 0.05) is 24.5 Å². The van der Waals surface area contributed by atoms with Crippen LogP contribution in [0.25, 0.3) is 0 Å². The lowest BCUT2D eigenvalue weighted by atomic mass is 9.77. The third-order valence-corrected chi connectivity index (χ3v) is 4.41. The Balaban J connectivity index is 1.62. The molecule has 1 aromatic carbocycles. The van der Waals surface area contributed by atoms with Crippen LogP contribution in [-0.4, -0.2) is 36.1 Å². The van der Waals surface area contributed by atoms with Gasteiger partial charge in [-0.2, -0.15) is 0 Å². The zero-order valence-corrected chi connectivity index (χ0v) is 13.9. The highest BCUT2D eigenvalue weighted by Gasteiger charge is 2.39. The van der Waals surface area contributed by atoms with Gasteiger partial charge in [-0.05, 0) is 31.4 Å². The lowest BCUT2D eigenvalue weighted by Crippen LogP contribution is -2.45. The molecule has 6 heteroatoms. The number of amides is 1. The van der Waals surface area contributed by atoms with E-state index in [4.69, 9.17) is 9.47 Å².